The molecule has 0 aromatic carbocycles. The van der Waals surface area contributed by atoms with E-state index in [1.807, 2.05) is 11.8 Å². The second-order valence-corrected chi connectivity index (χ2v) is 7.42. The van der Waals surface area contributed by atoms with Gasteiger partial charge in [-0.25, -0.2) is 4.79 Å². The van der Waals surface area contributed by atoms with Crippen molar-refractivity contribution in [2.75, 3.05) is 12.3 Å². The van der Waals surface area contributed by atoms with Gasteiger partial charge >= 0.3 is 6.03 Å². The summed E-state index contributed by atoms with van der Waals surface area (Å²) < 4.78 is 0. The number of nitrogens with one attached hydrogen (secondary N) is 2. The number of hydrogen-bond donors (Lipinski definition) is 3. The Balaban J connectivity index is 1.64. The van der Waals surface area contributed by atoms with E-state index in [0.29, 0.717) is 17.8 Å². The van der Waals surface area contributed by atoms with Crippen molar-refractivity contribution in [1.29, 1.82) is 0 Å². The number of hydrogen-bond acceptors (Lipinski definition) is 3. The Hall–Kier alpha value is -0.420. The largest absolute Gasteiger partial charge is 0.388 e. The van der Waals surface area contributed by atoms with Crippen LogP contribution >= 0.6 is 11.8 Å². The Labute approximate surface area is 120 Å². The lowest BCUT2D eigenvalue weighted by atomic mass is 10.0. The average molecular weight is 286 g/mol. The Morgan fingerprint density at radius 1 is 1.37 bits per heavy atom. The first-order chi connectivity index (χ1) is 9.11. The number of rotatable bonds is 5. The second kappa shape index (κ2) is 6.84. The lowest BCUT2D eigenvalue weighted by Gasteiger charge is -2.23. The van der Waals surface area contributed by atoms with Gasteiger partial charge in [-0.1, -0.05) is 19.8 Å². The van der Waals surface area contributed by atoms with E-state index in [-0.39, 0.29) is 6.03 Å². The van der Waals surface area contributed by atoms with Gasteiger partial charge in [0.25, 0.3) is 0 Å². The van der Waals surface area contributed by atoms with Gasteiger partial charge in [0, 0.05) is 17.8 Å². The fraction of sp³-hybridized carbons (Fsp3) is 0.929. The van der Waals surface area contributed by atoms with Crippen LogP contribution in [-0.4, -0.2) is 40.3 Å². The van der Waals surface area contributed by atoms with Crippen molar-refractivity contribution in [2.45, 2.75) is 68.8 Å². The maximum Gasteiger partial charge on any atom is 0.315 e. The van der Waals surface area contributed by atoms with Crippen molar-refractivity contribution in [1.82, 2.24) is 10.6 Å². The van der Waals surface area contributed by atoms with Gasteiger partial charge in [-0.05, 0) is 37.9 Å². The smallest absolute Gasteiger partial charge is 0.315 e. The molecule has 5 heteroatoms. The zero-order chi connectivity index (χ0) is 13.7. The molecule has 2 unspecified atom stereocenters. The van der Waals surface area contributed by atoms with Crippen LogP contribution < -0.4 is 10.6 Å². The molecule has 0 aliphatic heterocycles. The summed E-state index contributed by atoms with van der Waals surface area (Å²) in [5, 5.41) is 16.7. The standard InChI is InChI=1S/C14H26N2O2S/c1-2-19-12-6-5-11(9-12)16-13(17)15-10-14(18)7-3-4-8-14/h11-12,18H,2-10H2,1H3,(H2,15,16,17). The zero-order valence-corrected chi connectivity index (χ0v) is 12.6. The first-order valence-electron chi connectivity index (χ1n) is 7.50. The number of amides is 2. The molecule has 0 radical (unpaired) electrons. The fourth-order valence-corrected chi connectivity index (χ4v) is 4.29. The van der Waals surface area contributed by atoms with E-state index in [2.05, 4.69) is 17.6 Å². The summed E-state index contributed by atoms with van der Waals surface area (Å²) in [6.45, 7) is 2.57. The van der Waals surface area contributed by atoms with Gasteiger partial charge in [-0.15, -0.1) is 0 Å². The summed E-state index contributed by atoms with van der Waals surface area (Å²) in [6.07, 6.45) is 7.12. The van der Waals surface area contributed by atoms with Gasteiger partial charge in [-0.2, -0.15) is 11.8 Å². The molecule has 3 N–H and O–H groups in total. The fourth-order valence-electron chi connectivity index (χ4n) is 3.15. The van der Waals surface area contributed by atoms with Crippen molar-refractivity contribution in [2.24, 2.45) is 0 Å². The Bertz CT molecular complexity index is 306. The number of carbonyl (C=O) groups is 1. The van der Waals surface area contributed by atoms with Crippen LogP contribution in [0.5, 0.6) is 0 Å². The Kier molecular flexibility index (Phi) is 5.39. The molecule has 0 spiro atoms. The van der Waals surface area contributed by atoms with Gasteiger partial charge in [-0.3, -0.25) is 0 Å². The van der Waals surface area contributed by atoms with Crippen LogP contribution in [0.2, 0.25) is 0 Å². The molecule has 2 atom stereocenters. The highest BCUT2D eigenvalue weighted by atomic mass is 32.2. The minimum Gasteiger partial charge on any atom is -0.388 e. The first-order valence-corrected chi connectivity index (χ1v) is 8.54. The van der Waals surface area contributed by atoms with Crippen LogP contribution in [0.1, 0.15) is 51.9 Å². The van der Waals surface area contributed by atoms with E-state index >= 15 is 0 Å². The zero-order valence-electron chi connectivity index (χ0n) is 11.8. The molecule has 2 fully saturated rings. The van der Waals surface area contributed by atoms with Gasteiger partial charge < -0.3 is 15.7 Å². The van der Waals surface area contributed by atoms with E-state index in [0.717, 1.165) is 44.3 Å². The number of aliphatic hydroxyl groups is 1. The summed E-state index contributed by atoms with van der Waals surface area (Å²) in [5.41, 5.74) is -0.659. The summed E-state index contributed by atoms with van der Waals surface area (Å²) in [5.74, 6) is 1.15. The molecule has 19 heavy (non-hydrogen) atoms. The second-order valence-electron chi connectivity index (χ2n) is 5.85. The minimum atomic E-state index is -0.659. The molecular weight excluding hydrogens is 260 g/mol. The summed E-state index contributed by atoms with van der Waals surface area (Å²) in [4.78, 5) is 11.8. The van der Waals surface area contributed by atoms with Crippen LogP contribution in [0.25, 0.3) is 0 Å². The highest BCUT2D eigenvalue weighted by Gasteiger charge is 2.32. The number of thioether (sulfide) groups is 1. The third-order valence-corrected chi connectivity index (χ3v) is 5.47. The predicted octanol–water partition coefficient (Wildman–Crippen LogP) is 2.26. The van der Waals surface area contributed by atoms with Gasteiger partial charge in [0.1, 0.15) is 0 Å². The minimum absolute atomic E-state index is 0.118. The molecule has 2 aliphatic carbocycles. The van der Waals surface area contributed by atoms with Gasteiger partial charge in [0.15, 0.2) is 0 Å². The molecule has 4 nitrogen and oxygen atoms in total. The quantitative estimate of drug-likeness (QED) is 0.726. The van der Waals surface area contributed by atoms with Crippen LogP contribution in [0.3, 0.4) is 0 Å². The van der Waals surface area contributed by atoms with Crippen molar-refractivity contribution >= 4 is 17.8 Å². The lowest BCUT2D eigenvalue weighted by Crippen LogP contribution is -2.47. The molecule has 2 aliphatic rings. The summed E-state index contributed by atoms with van der Waals surface area (Å²) >= 11 is 1.99. The molecule has 110 valence electrons. The third kappa shape index (κ3) is 4.56. The molecule has 2 amide bonds. The van der Waals surface area contributed by atoms with Gasteiger partial charge in [0.2, 0.25) is 0 Å². The molecule has 0 aromatic heterocycles. The van der Waals surface area contributed by atoms with E-state index in [9.17, 15) is 9.90 Å². The van der Waals surface area contributed by atoms with E-state index in [1.54, 1.807) is 0 Å². The SMILES string of the molecule is CCSC1CCC(NC(=O)NCC2(O)CCCC2)C1. The predicted molar refractivity (Wildman–Crippen MR) is 79.5 cm³/mol. The molecule has 0 aromatic rings. The Morgan fingerprint density at radius 3 is 2.79 bits per heavy atom. The van der Waals surface area contributed by atoms with Crippen LogP contribution in [0, 0.1) is 0 Å². The van der Waals surface area contributed by atoms with Crippen molar-refractivity contribution in [3.8, 4) is 0 Å². The molecular formula is C14H26N2O2S. The van der Waals surface area contributed by atoms with Crippen molar-refractivity contribution < 1.29 is 9.90 Å². The van der Waals surface area contributed by atoms with Crippen LogP contribution in [-0.2, 0) is 0 Å². The van der Waals surface area contributed by atoms with Crippen molar-refractivity contribution in [3.05, 3.63) is 0 Å². The highest BCUT2D eigenvalue weighted by Crippen LogP contribution is 2.30. The molecule has 0 saturated heterocycles. The normalized spacial score (nSPS) is 29.4. The summed E-state index contributed by atoms with van der Waals surface area (Å²) in [6, 6.07) is 0.190. The van der Waals surface area contributed by atoms with Crippen LogP contribution in [0.4, 0.5) is 4.79 Å². The van der Waals surface area contributed by atoms with E-state index < -0.39 is 5.60 Å². The molecule has 2 saturated carbocycles. The van der Waals surface area contributed by atoms with Crippen LogP contribution in [0.15, 0.2) is 0 Å². The van der Waals surface area contributed by atoms with Crippen molar-refractivity contribution in [3.63, 3.8) is 0 Å². The van der Waals surface area contributed by atoms with E-state index in [1.165, 1.54) is 6.42 Å². The topological polar surface area (TPSA) is 61.4 Å². The summed E-state index contributed by atoms with van der Waals surface area (Å²) in [7, 11) is 0. The molecule has 0 heterocycles. The molecule has 2 rings (SSSR count). The highest BCUT2D eigenvalue weighted by molar-refractivity contribution is 7.99. The maximum absolute atomic E-state index is 11.8. The Morgan fingerprint density at radius 2 is 2.11 bits per heavy atom. The maximum atomic E-state index is 11.8. The average Bonchev–Trinajstić information content (AvgIpc) is 2.98. The van der Waals surface area contributed by atoms with Gasteiger partial charge in [0.05, 0.1) is 5.60 Å². The number of urea groups is 1. The third-order valence-electron chi connectivity index (χ3n) is 4.23. The van der Waals surface area contributed by atoms with E-state index in [4.69, 9.17) is 0 Å². The molecule has 0 bridgehead atoms. The lowest BCUT2D eigenvalue weighted by molar-refractivity contribution is 0.0500. The first kappa shape index (κ1) is 15.0. The monoisotopic (exact) mass is 286 g/mol. The number of carbonyl (C=O) groups excluding carboxylic acids is 1.